The largest absolute Gasteiger partial charge is 0.497 e. The number of rotatable bonds is 2. The van der Waals surface area contributed by atoms with Gasteiger partial charge in [-0.3, -0.25) is 0 Å². The SMILES string of the molecule is ClCCC1=CCOC=C1. The topological polar surface area (TPSA) is 9.23 Å². The van der Waals surface area contributed by atoms with Gasteiger partial charge in [0.15, 0.2) is 0 Å². The Bertz CT molecular complexity index is 138. The van der Waals surface area contributed by atoms with Gasteiger partial charge in [-0.25, -0.2) is 0 Å². The molecule has 0 aromatic rings. The lowest BCUT2D eigenvalue weighted by Gasteiger charge is -2.04. The summed E-state index contributed by atoms with van der Waals surface area (Å²) in [6, 6.07) is 0. The van der Waals surface area contributed by atoms with Crippen LogP contribution in [0.2, 0.25) is 0 Å². The van der Waals surface area contributed by atoms with Crippen LogP contribution in [0.1, 0.15) is 6.42 Å². The molecule has 50 valence electrons. The van der Waals surface area contributed by atoms with E-state index in [9.17, 15) is 0 Å². The van der Waals surface area contributed by atoms with Crippen LogP contribution in [0.15, 0.2) is 24.0 Å². The van der Waals surface area contributed by atoms with Crippen molar-refractivity contribution in [1.82, 2.24) is 0 Å². The summed E-state index contributed by atoms with van der Waals surface area (Å²) >= 11 is 5.52. The molecular weight excluding hydrogens is 136 g/mol. The summed E-state index contributed by atoms with van der Waals surface area (Å²) < 4.78 is 4.95. The first-order valence-corrected chi connectivity index (χ1v) is 3.50. The summed E-state index contributed by atoms with van der Waals surface area (Å²) in [6.07, 6.45) is 6.65. The Morgan fingerprint density at radius 1 is 1.67 bits per heavy atom. The third-order valence-electron chi connectivity index (χ3n) is 1.20. The van der Waals surface area contributed by atoms with Gasteiger partial charge < -0.3 is 4.74 Å². The Morgan fingerprint density at radius 2 is 2.56 bits per heavy atom. The van der Waals surface area contributed by atoms with E-state index in [-0.39, 0.29) is 0 Å². The average molecular weight is 145 g/mol. The Morgan fingerprint density at radius 3 is 3.11 bits per heavy atom. The maximum atomic E-state index is 5.52. The molecule has 0 N–H and O–H groups in total. The Labute approximate surface area is 60.0 Å². The fraction of sp³-hybridized carbons (Fsp3) is 0.429. The fourth-order valence-electron chi connectivity index (χ4n) is 0.709. The molecule has 0 saturated heterocycles. The molecule has 0 aromatic heterocycles. The highest BCUT2D eigenvalue weighted by molar-refractivity contribution is 6.18. The Kier molecular flexibility index (Phi) is 2.65. The maximum absolute atomic E-state index is 5.52. The average Bonchev–Trinajstić information content (AvgIpc) is 1.91. The van der Waals surface area contributed by atoms with Gasteiger partial charge in [0, 0.05) is 5.88 Å². The Hall–Kier alpha value is -0.430. The van der Waals surface area contributed by atoms with Crippen molar-refractivity contribution in [3.05, 3.63) is 24.0 Å². The van der Waals surface area contributed by atoms with E-state index in [4.69, 9.17) is 16.3 Å². The van der Waals surface area contributed by atoms with Crippen LogP contribution in [0, 0.1) is 0 Å². The van der Waals surface area contributed by atoms with E-state index in [2.05, 4.69) is 0 Å². The van der Waals surface area contributed by atoms with Crippen molar-refractivity contribution in [2.75, 3.05) is 12.5 Å². The molecule has 0 amide bonds. The highest BCUT2D eigenvalue weighted by atomic mass is 35.5. The second-order valence-electron chi connectivity index (χ2n) is 1.85. The lowest BCUT2D eigenvalue weighted by atomic mass is 10.2. The summed E-state index contributed by atoms with van der Waals surface area (Å²) in [5.74, 6) is 0.691. The van der Waals surface area contributed by atoms with Crippen LogP contribution in [0.4, 0.5) is 0 Å². The van der Waals surface area contributed by atoms with E-state index in [0.717, 1.165) is 6.42 Å². The second kappa shape index (κ2) is 3.57. The summed E-state index contributed by atoms with van der Waals surface area (Å²) in [4.78, 5) is 0. The zero-order valence-corrected chi connectivity index (χ0v) is 5.90. The van der Waals surface area contributed by atoms with Gasteiger partial charge in [0.2, 0.25) is 0 Å². The van der Waals surface area contributed by atoms with Crippen molar-refractivity contribution < 1.29 is 4.74 Å². The molecule has 0 aliphatic carbocycles. The molecule has 0 unspecified atom stereocenters. The number of hydrogen-bond donors (Lipinski definition) is 0. The summed E-state index contributed by atoms with van der Waals surface area (Å²) in [5.41, 5.74) is 1.27. The van der Waals surface area contributed by atoms with Gasteiger partial charge in [-0.1, -0.05) is 0 Å². The lowest BCUT2D eigenvalue weighted by molar-refractivity contribution is 0.284. The van der Waals surface area contributed by atoms with Crippen LogP contribution in [-0.2, 0) is 4.74 Å². The van der Waals surface area contributed by atoms with Gasteiger partial charge >= 0.3 is 0 Å². The van der Waals surface area contributed by atoms with Crippen LogP contribution >= 0.6 is 11.6 Å². The minimum atomic E-state index is 0.691. The molecule has 1 aliphatic rings. The standard InChI is InChI=1S/C7H9ClO/c8-4-1-7-2-5-9-6-3-7/h2-3,5H,1,4,6H2. The molecule has 0 radical (unpaired) electrons. The molecule has 1 rings (SSSR count). The first-order valence-electron chi connectivity index (χ1n) is 2.96. The zero-order valence-electron chi connectivity index (χ0n) is 5.14. The third kappa shape index (κ3) is 2.10. The van der Waals surface area contributed by atoms with Crippen LogP contribution in [0.5, 0.6) is 0 Å². The van der Waals surface area contributed by atoms with Gasteiger partial charge in [-0.15, -0.1) is 11.6 Å². The highest BCUT2D eigenvalue weighted by Crippen LogP contribution is 2.08. The van der Waals surface area contributed by atoms with Crippen molar-refractivity contribution in [2.45, 2.75) is 6.42 Å². The number of halogens is 1. The van der Waals surface area contributed by atoms with Gasteiger partial charge in [0.05, 0.1) is 6.26 Å². The van der Waals surface area contributed by atoms with E-state index < -0.39 is 0 Å². The summed E-state index contributed by atoms with van der Waals surface area (Å²) in [6.45, 7) is 0.697. The predicted molar refractivity (Wildman–Crippen MR) is 38.5 cm³/mol. The highest BCUT2D eigenvalue weighted by Gasteiger charge is 1.94. The normalized spacial score (nSPS) is 16.8. The van der Waals surface area contributed by atoms with Crippen LogP contribution in [0.25, 0.3) is 0 Å². The molecular formula is C7H9ClO. The van der Waals surface area contributed by atoms with Crippen molar-refractivity contribution in [3.63, 3.8) is 0 Å². The predicted octanol–water partition coefficient (Wildman–Crippen LogP) is 2.09. The number of hydrogen-bond acceptors (Lipinski definition) is 1. The van der Waals surface area contributed by atoms with E-state index in [0.29, 0.717) is 12.5 Å². The van der Waals surface area contributed by atoms with Gasteiger partial charge in [-0.05, 0) is 24.1 Å². The quantitative estimate of drug-likeness (QED) is 0.540. The first kappa shape index (κ1) is 6.69. The second-order valence-corrected chi connectivity index (χ2v) is 2.23. The number of allylic oxidation sites excluding steroid dienone is 2. The van der Waals surface area contributed by atoms with Crippen LogP contribution in [0.3, 0.4) is 0 Å². The summed E-state index contributed by atoms with van der Waals surface area (Å²) in [5, 5.41) is 0. The molecule has 0 fully saturated rings. The number of alkyl halides is 1. The molecule has 0 bridgehead atoms. The molecule has 0 spiro atoms. The molecule has 0 atom stereocenters. The van der Waals surface area contributed by atoms with E-state index in [1.807, 2.05) is 12.2 Å². The van der Waals surface area contributed by atoms with E-state index in [1.54, 1.807) is 6.26 Å². The zero-order chi connectivity index (χ0) is 6.53. The smallest absolute Gasteiger partial charge is 0.106 e. The Balaban J connectivity index is 2.38. The minimum Gasteiger partial charge on any atom is -0.497 e. The van der Waals surface area contributed by atoms with E-state index in [1.165, 1.54) is 5.57 Å². The van der Waals surface area contributed by atoms with Gasteiger partial charge in [0.25, 0.3) is 0 Å². The van der Waals surface area contributed by atoms with Crippen molar-refractivity contribution in [1.29, 1.82) is 0 Å². The van der Waals surface area contributed by atoms with Crippen molar-refractivity contribution in [3.8, 4) is 0 Å². The molecule has 1 aliphatic heterocycles. The summed E-state index contributed by atoms with van der Waals surface area (Å²) in [7, 11) is 0. The van der Waals surface area contributed by atoms with Crippen LogP contribution in [-0.4, -0.2) is 12.5 Å². The maximum Gasteiger partial charge on any atom is 0.106 e. The minimum absolute atomic E-state index is 0.691. The third-order valence-corrected chi connectivity index (χ3v) is 1.39. The molecule has 2 heteroatoms. The van der Waals surface area contributed by atoms with Crippen molar-refractivity contribution in [2.24, 2.45) is 0 Å². The van der Waals surface area contributed by atoms with E-state index >= 15 is 0 Å². The monoisotopic (exact) mass is 144 g/mol. The van der Waals surface area contributed by atoms with Crippen LogP contribution < -0.4 is 0 Å². The number of ether oxygens (including phenoxy) is 1. The molecule has 0 aromatic carbocycles. The molecule has 0 saturated carbocycles. The fourth-order valence-corrected chi connectivity index (χ4v) is 0.927. The van der Waals surface area contributed by atoms with Gasteiger partial charge in [0.1, 0.15) is 6.61 Å². The lowest BCUT2D eigenvalue weighted by Crippen LogP contribution is -1.92. The molecule has 9 heavy (non-hydrogen) atoms. The molecule has 1 nitrogen and oxygen atoms in total. The molecule has 1 heterocycles. The van der Waals surface area contributed by atoms with Gasteiger partial charge in [-0.2, -0.15) is 0 Å². The first-order chi connectivity index (χ1) is 4.43. The van der Waals surface area contributed by atoms with Crippen molar-refractivity contribution >= 4 is 11.6 Å².